The molecule has 22 heavy (non-hydrogen) atoms. The molecule has 0 radical (unpaired) electrons. The van der Waals surface area contributed by atoms with E-state index in [-0.39, 0.29) is 24.7 Å². The van der Waals surface area contributed by atoms with E-state index in [1.807, 2.05) is 11.8 Å². The van der Waals surface area contributed by atoms with Crippen LogP contribution in [0.3, 0.4) is 0 Å². The van der Waals surface area contributed by atoms with E-state index in [2.05, 4.69) is 10.6 Å². The van der Waals surface area contributed by atoms with Gasteiger partial charge < -0.3 is 15.7 Å². The van der Waals surface area contributed by atoms with Crippen LogP contribution in [0, 0.1) is 5.92 Å². The van der Waals surface area contributed by atoms with Gasteiger partial charge in [-0.3, -0.25) is 9.69 Å². The lowest BCUT2D eigenvalue weighted by Gasteiger charge is -2.42. The summed E-state index contributed by atoms with van der Waals surface area (Å²) < 4.78 is 0. The lowest BCUT2D eigenvalue weighted by atomic mass is 9.85. The lowest BCUT2D eigenvalue weighted by molar-refractivity contribution is -0.139. The summed E-state index contributed by atoms with van der Waals surface area (Å²) >= 11 is 0. The number of hydrogen-bond donors (Lipinski definition) is 3. The van der Waals surface area contributed by atoms with E-state index in [0.717, 1.165) is 38.3 Å². The highest BCUT2D eigenvalue weighted by Crippen LogP contribution is 2.27. The number of carbonyl (C=O) groups is 2. The van der Waals surface area contributed by atoms with Crippen LogP contribution in [-0.4, -0.2) is 53.7 Å². The standard InChI is InChI=1S/C16H29N3O3/c1-2-19(11-15(20)21)14-9-13(10-14)18-16(22)17-8-7-12-5-3-4-6-12/h12-14H,2-11H2,1H3,(H,20,21)(H2,17,18,22). The molecule has 0 unspecified atom stereocenters. The number of nitrogens with zero attached hydrogens (tertiary/aromatic N) is 1. The molecule has 2 rings (SSSR count). The van der Waals surface area contributed by atoms with E-state index in [1.165, 1.54) is 25.7 Å². The third-order valence-corrected chi connectivity index (χ3v) is 5.02. The number of rotatable bonds is 8. The van der Waals surface area contributed by atoms with Crippen molar-refractivity contribution in [3.8, 4) is 0 Å². The molecule has 0 spiro atoms. The molecule has 0 atom stereocenters. The Hall–Kier alpha value is -1.30. The predicted octanol–water partition coefficient (Wildman–Crippen LogP) is 1.80. The second-order valence-electron chi connectivity index (χ2n) is 6.62. The fourth-order valence-corrected chi connectivity index (χ4v) is 3.60. The Morgan fingerprint density at radius 3 is 2.50 bits per heavy atom. The molecule has 0 aromatic rings. The number of likely N-dealkylation sites (N-methyl/N-ethyl adjacent to an activating group) is 1. The highest BCUT2D eigenvalue weighted by atomic mass is 16.4. The Morgan fingerprint density at radius 1 is 1.23 bits per heavy atom. The molecule has 2 fully saturated rings. The third kappa shape index (κ3) is 5.16. The van der Waals surface area contributed by atoms with Crippen molar-refractivity contribution in [3.63, 3.8) is 0 Å². The van der Waals surface area contributed by atoms with Crippen LogP contribution < -0.4 is 10.6 Å². The van der Waals surface area contributed by atoms with Crippen molar-refractivity contribution < 1.29 is 14.7 Å². The number of carbonyl (C=O) groups excluding carboxylic acids is 1. The Balaban J connectivity index is 1.56. The van der Waals surface area contributed by atoms with Gasteiger partial charge >= 0.3 is 12.0 Å². The summed E-state index contributed by atoms with van der Waals surface area (Å²) in [6, 6.07) is 0.381. The van der Waals surface area contributed by atoms with E-state index in [4.69, 9.17) is 5.11 Å². The number of nitrogens with one attached hydrogen (secondary N) is 2. The summed E-state index contributed by atoms with van der Waals surface area (Å²) in [6.45, 7) is 3.55. The van der Waals surface area contributed by atoms with Crippen molar-refractivity contribution in [1.29, 1.82) is 0 Å². The first-order valence-electron chi connectivity index (χ1n) is 8.58. The van der Waals surface area contributed by atoms with Crippen molar-refractivity contribution in [3.05, 3.63) is 0 Å². The zero-order valence-corrected chi connectivity index (χ0v) is 13.5. The molecule has 2 saturated carbocycles. The summed E-state index contributed by atoms with van der Waals surface area (Å²) in [4.78, 5) is 24.5. The van der Waals surface area contributed by atoms with Gasteiger partial charge in [-0.25, -0.2) is 4.79 Å². The van der Waals surface area contributed by atoms with Crippen LogP contribution in [0.5, 0.6) is 0 Å². The molecule has 0 aliphatic heterocycles. The number of urea groups is 1. The minimum atomic E-state index is -0.789. The Kier molecular flexibility index (Phi) is 6.49. The normalized spacial score (nSPS) is 25.0. The number of carboxylic acids is 1. The van der Waals surface area contributed by atoms with Gasteiger partial charge in [0.25, 0.3) is 0 Å². The van der Waals surface area contributed by atoms with Crippen LogP contribution in [0.25, 0.3) is 0 Å². The second-order valence-corrected chi connectivity index (χ2v) is 6.62. The highest BCUT2D eigenvalue weighted by Gasteiger charge is 2.34. The van der Waals surface area contributed by atoms with Gasteiger partial charge in [-0.05, 0) is 31.7 Å². The molecule has 6 nitrogen and oxygen atoms in total. The first-order valence-corrected chi connectivity index (χ1v) is 8.58. The van der Waals surface area contributed by atoms with Crippen molar-refractivity contribution in [1.82, 2.24) is 15.5 Å². The minimum absolute atomic E-state index is 0.0808. The van der Waals surface area contributed by atoms with Crippen LogP contribution in [0.2, 0.25) is 0 Å². The van der Waals surface area contributed by atoms with Crippen LogP contribution in [0.4, 0.5) is 4.79 Å². The molecule has 2 amide bonds. The van der Waals surface area contributed by atoms with E-state index in [9.17, 15) is 9.59 Å². The van der Waals surface area contributed by atoms with Crippen LogP contribution >= 0.6 is 0 Å². The van der Waals surface area contributed by atoms with Gasteiger partial charge in [0.2, 0.25) is 0 Å². The minimum Gasteiger partial charge on any atom is -0.480 e. The van der Waals surface area contributed by atoms with E-state index in [1.54, 1.807) is 0 Å². The second kappa shape index (κ2) is 8.36. The smallest absolute Gasteiger partial charge is 0.317 e. The molecular weight excluding hydrogens is 282 g/mol. The summed E-state index contributed by atoms with van der Waals surface area (Å²) in [7, 11) is 0. The highest BCUT2D eigenvalue weighted by molar-refractivity contribution is 5.74. The molecule has 126 valence electrons. The van der Waals surface area contributed by atoms with Gasteiger partial charge in [-0.2, -0.15) is 0 Å². The first kappa shape index (κ1) is 17.1. The summed E-state index contributed by atoms with van der Waals surface area (Å²) in [5.74, 6) is 0.00503. The van der Waals surface area contributed by atoms with E-state index in [0.29, 0.717) is 0 Å². The molecule has 2 aliphatic carbocycles. The maximum absolute atomic E-state index is 11.8. The third-order valence-electron chi connectivity index (χ3n) is 5.02. The van der Waals surface area contributed by atoms with Crippen molar-refractivity contribution in [2.45, 2.75) is 64.0 Å². The van der Waals surface area contributed by atoms with E-state index < -0.39 is 5.97 Å². The molecular formula is C16H29N3O3. The van der Waals surface area contributed by atoms with Gasteiger partial charge in [-0.15, -0.1) is 0 Å². The van der Waals surface area contributed by atoms with Crippen LogP contribution in [0.15, 0.2) is 0 Å². The predicted molar refractivity (Wildman–Crippen MR) is 84.8 cm³/mol. The molecule has 0 bridgehead atoms. The fourth-order valence-electron chi connectivity index (χ4n) is 3.60. The summed E-state index contributed by atoms with van der Waals surface area (Å²) in [5, 5.41) is 14.8. The summed E-state index contributed by atoms with van der Waals surface area (Å²) in [5.41, 5.74) is 0. The number of carboxylic acid groups (broad SMARTS) is 1. The number of aliphatic carboxylic acids is 1. The maximum atomic E-state index is 11.8. The van der Waals surface area contributed by atoms with Gasteiger partial charge in [0.1, 0.15) is 0 Å². The molecule has 0 aromatic heterocycles. The first-order chi connectivity index (χ1) is 10.6. The van der Waals surface area contributed by atoms with Crippen LogP contribution in [0.1, 0.15) is 51.9 Å². The Bertz CT molecular complexity index is 377. The van der Waals surface area contributed by atoms with Crippen molar-refractivity contribution in [2.24, 2.45) is 5.92 Å². The van der Waals surface area contributed by atoms with Crippen molar-refractivity contribution in [2.75, 3.05) is 19.6 Å². The average Bonchev–Trinajstić information content (AvgIpc) is 2.93. The van der Waals surface area contributed by atoms with Gasteiger partial charge in [0.15, 0.2) is 0 Å². The average molecular weight is 311 g/mol. The van der Waals surface area contributed by atoms with Gasteiger partial charge in [0.05, 0.1) is 6.54 Å². The molecule has 2 aliphatic rings. The molecule has 6 heteroatoms. The zero-order chi connectivity index (χ0) is 15.9. The lowest BCUT2D eigenvalue weighted by Crippen LogP contribution is -2.56. The van der Waals surface area contributed by atoms with Gasteiger partial charge in [-0.1, -0.05) is 32.6 Å². The Morgan fingerprint density at radius 2 is 1.91 bits per heavy atom. The monoisotopic (exact) mass is 311 g/mol. The van der Waals surface area contributed by atoms with Crippen LogP contribution in [-0.2, 0) is 4.79 Å². The zero-order valence-electron chi connectivity index (χ0n) is 13.5. The topological polar surface area (TPSA) is 81.7 Å². The Labute approximate surface area is 132 Å². The molecule has 0 saturated heterocycles. The fraction of sp³-hybridized carbons (Fsp3) is 0.875. The largest absolute Gasteiger partial charge is 0.480 e. The molecule has 0 heterocycles. The van der Waals surface area contributed by atoms with Crippen molar-refractivity contribution >= 4 is 12.0 Å². The maximum Gasteiger partial charge on any atom is 0.317 e. The van der Waals surface area contributed by atoms with E-state index >= 15 is 0 Å². The summed E-state index contributed by atoms with van der Waals surface area (Å²) in [6.07, 6.45) is 8.07. The van der Waals surface area contributed by atoms with Gasteiger partial charge in [0, 0.05) is 18.6 Å². The quantitative estimate of drug-likeness (QED) is 0.638. The SMILES string of the molecule is CCN(CC(=O)O)C1CC(NC(=O)NCCC2CCCC2)C1. The number of hydrogen-bond acceptors (Lipinski definition) is 3. The number of amides is 2. The molecule has 3 N–H and O–H groups in total. The molecule has 0 aromatic carbocycles.